The first kappa shape index (κ1) is 9.97. The maximum atomic E-state index is 11.2. The van der Waals surface area contributed by atoms with Crippen molar-refractivity contribution < 1.29 is 14.7 Å². The van der Waals surface area contributed by atoms with Crippen LogP contribution in [0.15, 0.2) is 12.1 Å². The number of carbonyl (C=O) groups excluding carboxylic acids is 1. The molecule has 0 radical (unpaired) electrons. The van der Waals surface area contributed by atoms with E-state index in [9.17, 15) is 9.59 Å². The summed E-state index contributed by atoms with van der Waals surface area (Å²) >= 11 is 0. The number of aromatic carboxylic acids is 1. The Labute approximate surface area is 79.2 Å². The van der Waals surface area contributed by atoms with E-state index in [0.717, 1.165) is 0 Å². The van der Waals surface area contributed by atoms with E-state index in [0.29, 0.717) is 0 Å². The molecule has 1 rings (SSSR count). The summed E-state index contributed by atoms with van der Waals surface area (Å²) in [4.78, 5) is 24.1. The van der Waals surface area contributed by atoms with Gasteiger partial charge in [0.15, 0.2) is 5.78 Å². The Morgan fingerprint density at radius 1 is 1.43 bits per heavy atom. The van der Waals surface area contributed by atoms with E-state index in [1.54, 1.807) is 0 Å². The Hall–Kier alpha value is -2.11. The van der Waals surface area contributed by atoms with E-state index >= 15 is 0 Å². The van der Waals surface area contributed by atoms with Gasteiger partial charge in [0.1, 0.15) is 5.69 Å². The van der Waals surface area contributed by atoms with E-state index in [1.807, 2.05) is 0 Å². The SMILES string of the molecule is N=C(N)CC(=O)c1ccc(C(=O)O)[nH]1. The molecule has 0 aliphatic rings. The van der Waals surface area contributed by atoms with Crippen LogP contribution in [-0.4, -0.2) is 27.7 Å². The lowest BCUT2D eigenvalue weighted by atomic mass is 10.2. The predicted octanol–water partition coefficient (Wildman–Crippen LogP) is 0.222. The number of hydrogen-bond donors (Lipinski definition) is 4. The molecule has 0 aliphatic carbocycles. The van der Waals surface area contributed by atoms with E-state index < -0.39 is 11.8 Å². The fourth-order valence-electron chi connectivity index (χ4n) is 0.951. The van der Waals surface area contributed by atoms with Gasteiger partial charge >= 0.3 is 5.97 Å². The normalized spacial score (nSPS) is 9.71. The minimum absolute atomic E-state index is 0.0584. The molecule has 1 heterocycles. The van der Waals surface area contributed by atoms with Crippen LogP contribution in [-0.2, 0) is 0 Å². The minimum Gasteiger partial charge on any atom is -0.477 e. The number of aromatic nitrogens is 1. The molecular weight excluding hydrogens is 186 g/mol. The first-order valence-corrected chi connectivity index (χ1v) is 3.79. The highest BCUT2D eigenvalue weighted by Gasteiger charge is 2.12. The Morgan fingerprint density at radius 2 is 2.00 bits per heavy atom. The number of carbonyl (C=O) groups is 2. The lowest BCUT2D eigenvalue weighted by Gasteiger charge is -1.95. The summed E-state index contributed by atoms with van der Waals surface area (Å²) in [5, 5.41) is 15.4. The van der Waals surface area contributed by atoms with Crippen molar-refractivity contribution in [3.05, 3.63) is 23.5 Å². The average molecular weight is 195 g/mol. The highest BCUT2D eigenvalue weighted by atomic mass is 16.4. The smallest absolute Gasteiger partial charge is 0.352 e. The van der Waals surface area contributed by atoms with Crippen molar-refractivity contribution in [3.8, 4) is 0 Å². The molecular formula is C8H9N3O3. The monoisotopic (exact) mass is 195 g/mol. The average Bonchev–Trinajstić information content (AvgIpc) is 2.50. The van der Waals surface area contributed by atoms with Gasteiger partial charge in [-0.2, -0.15) is 0 Å². The summed E-state index contributed by atoms with van der Waals surface area (Å²) in [5.41, 5.74) is 5.12. The van der Waals surface area contributed by atoms with Gasteiger partial charge in [-0.3, -0.25) is 10.2 Å². The quantitative estimate of drug-likeness (QED) is 0.312. The summed E-state index contributed by atoms with van der Waals surface area (Å²) in [6, 6.07) is 2.64. The summed E-state index contributed by atoms with van der Waals surface area (Å²) in [6.07, 6.45) is -0.209. The van der Waals surface area contributed by atoms with Crippen molar-refractivity contribution in [2.24, 2.45) is 5.73 Å². The third kappa shape index (κ3) is 2.19. The molecule has 0 spiro atoms. The fraction of sp³-hybridized carbons (Fsp3) is 0.125. The zero-order valence-corrected chi connectivity index (χ0v) is 7.20. The largest absolute Gasteiger partial charge is 0.477 e. The van der Waals surface area contributed by atoms with E-state index in [-0.39, 0.29) is 23.6 Å². The number of amidine groups is 1. The molecule has 0 unspecified atom stereocenters. The van der Waals surface area contributed by atoms with Crippen LogP contribution in [0.3, 0.4) is 0 Å². The molecule has 5 N–H and O–H groups in total. The van der Waals surface area contributed by atoms with Crippen LogP contribution in [0, 0.1) is 5.41 Å². The van der Waals surface area contributed by atoms with Crippen LogP contribution in [0.25, 0.3) is 0 Å². The first-order chi connectivity index (χ1) is 6.50. The Balaban J connectivity index is 2.81. The summed E-state index contributed by atoms with van der Waals surface area (Å²) in [5.74, 6) is -1.78. The lowest BCUT2D eigenvalue weighted by molar-refractivity contribution is 0.0691. The lowest BCUT2D eigenvalue weighted by Crippen LogP contribution is -2.15. The maximum absolute atomic E-state index is 11.2. The number of rotatable bonds is 4. The molecule has 0 aromatic carbocycles. The van der Waals surface area contributed by atoms with Crippen LogP contribution in [0.2, 0.25) is 0 Å². The van der Waals surface area contributed by atoms with Crippen molar-refractivity contribution in [1.82, 2.24) is 4.98 Å². The zero-order valence-electron chi connectivity index (χ0n) is 7.20. The van der Waals surface area contributed by atoms with Crippen molar-refractivity contribution in [2.75, 3.05) is 0 Å². The summed E-state index contributed by atoms with van der Waals surface area (Å²) in [7, 11) is 0. The molecule has 1 aromatic rings. The Bertz CT molecular complexity index is 394. The van der Waals surface area contributed by atoms with Crippen LogP contribution in [0.4, 0.5) is 0 Å². The Morgan fingerprint density at radius 3 is 2.43 bits per heavy atom. The number of Topliss-reactive ketones (excluding diaryl/α,β-unsaturated/α-hetero) is 1. The molecule has 0 aliphatic heterocycles. The number of nitrogens with one attached hydrogen (secondary N) is 2. The molecule has 74 valence electrons. The predicted molar refractivity (Wildman–Crippen MR) is 48.6 cm³/mol. The topological polar surface area (TPSA) is 120 Å². The molecule has 14 heavy (non-hydrogen) atoms. The summed E-state index contributed by atoms with van der Waals surface area (Å²) in [6.45, 7) is 0. The van der Waals surface area contributed by atoms with Gasteiger partial charge in [-0.1, -0.05) is 0 Å². The summed E-state index contributed by atoms with van der Waals surface area (Å²) < 4.78 is 0. The number of carboxylic acids is 1. The molecule has 0 bridgehead atoms. The second-order valence-electron chi connectivity index (χ2n) is 2.72. The van der Waals surface area contributed by atoms with Gasteiger partial charge in [0.2, 0.25) is 0 Å². The number of aromatic amines is 1. The van der Waals surface area contributed by atoms with Gasteiger partial charge in [-0.05, 0) is 12.1 Å². The number of nitrogens with two attached hydrogens (primary N) is 1. The standard InChI is InChI=1S/C8H9N3O3/c9-7(10)3-6(12)4-1-2-5(11-4)8(13)14/h1-2,11H,3H2,(H3,9,10)(H,13,14). The molecule has 6 heteroatoms. The van der Waals surface area contributed by atoms with Gasteiger partial charge in [0.25, 0.3) is 0 Å². The van der Waals surface area contributed by atoms with Gasteiger partial charge < -0.3 is 15.8 Å². The van der Waals surface area contributed by atoms with Gasteiger partial charge in [0.05, 0.1) is 18.0 Å². The number of hydrogen-bond acceptors (Lipinski definition) is 3. The molecule has 0 saturated heterocycles. The maximum Gasteiger partial charge on any atom is 0.352 e. The van der Waals surface area contributed by atoms with Crippen LogP contribution in [0.1, 0.15) is 27.4 Å². The second-order valence-corrected chi connectivity index (χ2v) is 2.72. The number of H-pyrrole nitrogens is 1. The molecule has 6 nitrogen and oxygen atoms in total. The van der Waals surface area contributed by atoms with E-state index in [4.69, 9.17) is 16.2 Å². The molecule has 0 fully saturated rings. The zero-order chi connectivity index (χ0) is 10.7. The van der Waals surface area contributed by atoms with Gasteiger partial charge in [-0.15, -0.1) is 0 Å². The van der Waals surface area contributed by atoms with Crippen LogP contribution in [0.5, 0.6) is 0 Å². The first-order valence-electron chi connectivity index (χ1n) is 3.79. The van der Waals surface area contributed by atoms with E-state index in [1.165, 1.54) is 12.1 Å². The third-order valence-corrected chi connectivity index (χ3v) is 1.57. The molecule has 1 aromatic heterocycles. The van der Waals surface area contributed by atoms with Crippen molar-refractivity contribution in [3.63, 3.8) is 0 Å². The van der Waals surface area contributed by atoms with Crippen molar-refractivity contribution in [2.45, 2.75) is 6.42 Å². The molecule has 0 amide bonds. The Kier molecular flexibility index (Phi) is 2.66. The van der Waals surface area contributed by atoms with Crippen LogP contribution < -0.4 is 5.73 Å². The number of carboxylic acid groups (broad SMARTS) is 1. The fourth-order valence-corrected chi connectivity index (χ4v) is 0.951. The molecule has 0 atom stereocenters. The van der Waals surface area contributed by atoms with Crippen molar-refractivity contribution in [1.29, 1.82) is 5.41 Å². The van der Waals surface area contributed by atoms with Crippen molar-refractivity contribution >= 4 is 17.6 Å². The highest BCUT2D eigenvalue weighted by molar-refractivity contribution is 6.07. The third-order valence-electron chi connectivity index (χ3n) is 1.57. The molecule has 0 saturated carbocycles. The van der Waals surface area contributed by atoms with Crippen LogP contribution >= 0.6 is 0 Å². The number of ketones is 1. The minimum atomic E-state index is -1.13. The highest BCUT2D eigenvalue weighted by Crippen LogP contribution is 2.04. The van der Waals surface area contributed by atoms with Gasteiger partial charge in [0, 0.05) is 0 Å². The van der Waals surface area contributed by atoms with E-state index in [2.05, 4.69) is 4.98 Å². The second kappa shape index (κ2) is 3.73. The van der Waals surface area contributed by atoms with Gasteiger partial charge in [-0.25, -0.2) is 4.79 Å².